The number of rotatable bonds is 5. The maximum absolute atomic E-state index is 11.4. The second-order valence-electron chi connectivity index (χ2n) is 3.47. The lowest BCUT2D eigenvalue weighted by molar-refractivity contribution is -0.119. The predicted molar refractivity (Wildman–Crippen MR) is 71.5 cm³/mol. The highest BCUT2D eigenvalue weighted by Crippen LogP contribution is 2.03. The Morgan fingerprint density at radius 2 is 1.78 bits per heavy atom. The van der Waals surface area contributed by atoms with E-state index < -0.39 is 6.03 Å². The van der Waals surface area contributed by atoms with Crippen molar-refractivity contribution < 1.29 is 9.59 Å². The first-order valence-electron chi connectivity index (χ1n) is 5.28. The van der Waals surface area contributed by atoms with E-state index in [9.17, 15) is 9.59 Å². The van der Waals surface area contributed by atoms with E-state index in [0.29, 0.717) is 10.7 Å². The van der Waals surface area contributed by atoms with E-state index in [2.05, 4.69) is 22.5 Å². The van der Waals surface area contributed by atoms with Gasteiger partial charge in [-0.25, -0.2) is 4.79 Å². The fourth-order valence-corrected chi connectivity index (χ4v) is 1.18. The van der Waals surface area contributed by atoms with Crippen LogP contribution >= 0.6 is 11.6 Å². The molecule has 0 saturated heterocycles. The molecule has 1 aromatic rings. The molecule has 0 atom stereocenters. The number of halogens is 1. The van der Waals surface area contributed by atoms with Crippen LogP contribution in [0.2, 0.25) is 0 Å². The Hall–Kier alpha value is -2.01. The number of para-hydroxylation sites is 1. The summed E-state index contributed by atoms with van der Waals surface area (Å²) in [5, 5.41) is 7.83. The number of carbonyl (C=O) groups is 2. The van der Waals surface area contributed by atoms with Gasteiger partial charge in [-0.3, -0.25) is 4.79 Å². The number of nitrogens with one attached hydrogen (secondary N) is 3. The van der Waals surface area contributed by atoms with Gasteiger partial charge in [0, 0.05) is 10.7 Å². The summed E-state index contributed by atoms with van der Waals surface area (Å²) >= 11 is 5.48. The van der Waals surface area contributed by atoms with Crippen molar-refractivity contribution in [3.8, 4) is 0 Å². The number of hydrogen-bond donors (Lipinski definition) is 3. The van der Waals surface area contributed by atoms with Gasteiger partial charge >= 0.3 is 6.03 Å². The summed E-state index contributed by atoms with van der Waals surface area (Å²) < 4.78 is 0. The molecule has 3 N–H and O–H groups in total. The van der Waals surface area contributed by atoms with E-state index in [0.717, 1.165) is 0 Å². The van der Waals surface area contributed by atoms with Gasteiger partial charge in [0.1, 0.15) is 0 Å². The zero-order valence-corrected chi connectivity index (χ0v) is 10.5. The first kappa shape index (κ1) is 14.1. The minimum Gasteiger partial charge on any atom is -0.350 e. The minimum atomic E-state index is -0.443. The van der Waals surface area contributed by atoms with Crippen molar-refractivity contribution in [2.45, 2.75) is 0 Å². The number of carbonyl (C=O) groups excluding carboxylic acids is 2. The fourth-order valence-electron chi connectivity index (χ4n) is 1.11. The molecule has 0 spiro atoms. The smallest absolute Gasteiger partial charge is 0.319 e. The Kier molecular flexibility index (Phi) is 5.73. The highest BCUT2D eigenvalue weighted by molar-refractivity contribution is 6.29. The quantitative estimate of drug-likeness (QED) is 0.760. The summed E-state index contributed by atoms with van der Waals surface area (Å²) in [5.41, 5.74) is 0.657. The first-order chi connectivity index (χ1) is 8.58. The van der Waals surface area contributed by atoms with Gasteiger partial charge in [-0.15, -0.1) is 0 Å². The normalized spacial score (nSPS) is 9.39. The number of urea groups is 1. The average Bonchev–Trinajstić information content (AvgIpc) is 2.35. The lowest BCUT2D eigenvalue weighted by Crippen LogP contribution is -2.39. The molecule has 0 heterocycles. The number of amides is 3. The fraction of sp³-hybridized carbons (Fsp3) is 0.167. The van der Waals surface area contributed by atoms with E-state index >= 15 is 0 Å². The van der Waals surface area contributed by atoms with Crippen molar-refractivity contribution in [1.29, 1.82) is 0 Å². The van der Waals surface area contributed by atoms with E-state index in [1.54, 1.807) is 24.3 Å². The molecule has 3 amide bonds. The van der Waals surface area contributed by atoms with Crippen LogP contribution < -0.4 is 16.0 Å². The van der Waals surface area contributed by atoms with Gasteiger partial charge in [0.25, 0.3) is 0 Å². The Morgan fingerprint density at radius 3 is 2.39 bits per heavy atom. The molecule has 0 fully saturated rings. The van der Waals surface area contributed by atoms with Crippen LogP contribution in [0, 0.1) is 0 Å². The first-order valence-corrected chi connectivity index (χ1v) is 5.65. The van der Waals surface area contributed by atoms with Crippen LogP contribution in [0.3, 0.4) is 0 Å². The summed E-state index contributed by atoms with van der Waals surface area (Å²) in [5.74, 6) is -0.333. The molecule has 0 aliphatic heterocycles. The summed E-state index contributed by atoms with van der Waals surface area (Å²) in [6.07, 6.45) is 0. The van der Waals surface area contributed by atoms with Crippen molar-refractivity contribution in [3.05, 3.63) is 41.9 Å². The lowest BCUT2D eigenvalue weighted by atomic mass is 10.3. The standard InChI is InChI=1S/C12H14ClN3O2/c1-9(13)7-14-11(17)8-15-12(18)16-10-5-3-2-4-6-10/h2-6H,1,7-8H2,(H,14,17)(H2,15,16,18). The maximum Gasteiger partial charge on any atom is 0.319 e. The van der Waals surface area contributed by atoms with Crippen molar-refractivity contribution in [2.24, 2.45) is 0 Å². The molecule has 6 heteroatoms. The molecule has 0 bridgehead atoms. The summed E-state index contributed by atoms with van der Waals surface area (Å²) in [4.78, 5) is 22.7. The largest absolute Gasteiger partial charge is 0.350 e. The van der Waals surface area contributed by atoms with Crippen LogP contribution in [0.25, 0.3) is 0 Å². The summed E-state index contributed by atoms with van der Waals surface area (Å²) in [6.45, 7) is 3.49. The second kappa shape index (κ2) is 7.34. The van der Waals surface area contributed by atoms with E-state index in [4.69, 9.17) is 11.6 Å². The maximum atomic E-state index is 11.4. The third-order valence-electron chi connectivity index (χ3n) is 1.92. The zero-order valence-electron chi connectivity index (χ0n) is 9.70. The molecule has 18 heavy (non-hydrogen) atoms. The molecule has 1 rings (SSSR count). The SMILES string of the molecule is C=C(Cl)CNC(=O)CNC(=O)Nc1ccccc1. The van der Waals surface area contributed by atoms with Crippen LogP contribution in [-0.2, 0) is 4.79 Å². The van der Waals surface area contributed by atoms with Gasteiger partial charge in [0.2, 0.25) is 5.91 Å². The lowest BCUT2D eigenvalue weighted by Gasteiger charge is -2.07. The molecule has 96 valence electrons. The molecule has 0 saturated carbocycles. The predicted octanol–water partition coefficient (Wildman–Crippen LogP) is 1.68. The van der Waals surface area contributed by atoms with Gasteiger partial charge in [0.05, 0.1) is 13.1 Å². The van der Waals surface area contributed by atoms with E-state index in [-0.39, 0.29) is 19.0 Å². The summed E-state index contributed by atoms with van der Waals surface area (Å²) in [6, 6.07) is 8.49. The molecular weight excluding hydrogens is 254 g/mol. The zero-order chi connectivity index (χ0) is 13.4. The van der Waals surface area contributed by atoms with Gasteiger partial charge in [-0.1, -0.05) is 36.4 Å². The van der Waals surface area contributed by atoms with E-state index in [1.165, 1.54) is 0 Å². The highest BCUT2D eigenvalue weighted by atomic mass is 35.5. The van der Waals surface area contributed by atoms with Crippen LogP contribution in [0.4, 0.5) is 10.5 Å². The Morgan fingerprint density at radius 1 is 1.11 bits per heavy atom. The minimum absolute atomic E-state index is 0.122. The molecule has 0 aliphatic rings. The molecule has 0 radical (unpaired) electrons. The number of hydrogen-bond acceptors (Lipinski definition) is 2. The molecule has 0 aliphatic carbocycles. The van der Waals surface area contributed by atoms with Crippen LogP contribution in [0.5, 0.6) is 0 Å². The van der Waals surface area contributed by atoms with Crippen LogP contribution in [0.15, 0.2) is 41.9 Å². The Balaban J connectivity index is 2.25. The van der Waals surface area contributed by atoms with Gasteiger partial charge in [-0.2, -0.15) is 0 Å². The molecular formula is C12H14ClN3O2. The van der Waals surface area contributed by atoms with Crippen LogP contribution in [-0.4, -0.2) is 25.0 Å². The Labute approximate surface area is 110 Å². The second-order valence-corrected chi connectivity index (χ2v) is 4.00. The van der Waals surface area contributed by atoms with Crippen molar-refractivity contribution in [2.75, 3.05) is 18.4 Å². The monoisotopic (exact) mass is 267 g/mol. The third kappa shape index (κ3) is 5.91. The highest BCUT2D eigenvalue weighted by Gasteiger charge is 2.04. The molecule has 0 unspecified atom stereocenters. The molecule has 5 nitrogen and oxygen atoms in total. The molecule has 0 aromatic heterocycles. The number of anilines is 1. The molecule has 1 aromatic carbocycles. The van der Waals surface area contributed by atoms with Gasteiger partial charge < -0.3 is 16.0 Å². The topological polar surface area (TPSA) is 70.2 Å². The van der Waals surface area contributed by atoms with Crippen LogP contribution in [0.1, 0.15) is 0 Å². The van der Waals surface area contributed by atoms with Gasteiger partial charge in [0.15, 0.2) is 0 Å². The average molecular weight is 268 g/mol. The van der Waals surface area contributed by atoms with Gasteiger partial charge in [-0.05, 0) is 12.1 Å². The Bertz CT molecular complexity index is 434. The van der Waals surface area contributed by atoms with Crippen molar-refractivity contribution in [1.82, 2.24) is 10.6 Å². The van der Waals surface area contributed by atoms with Crippen molar-refractivity contribution in [3.63, 3.8) is 0 Å². The summed E-state index contributed by atoms with van der Waals surface area (Å²) in [7, 11) is 0. The van der Waals surface area contributed by atoms with Crippen molar-refractivity contribution >= 4 is 29.2 Å². The third-order valence-corrected chi connectivity index (χ3v) is 2.05. The van der Waals surface area contributed by atoms with E-state index in [1.807, 2.05) is 6.07 Å². The number of benzene rings is 1.